The van der Waals surface area contributed by atoms with Gasteiger partial charge in [-0.2, -0.15) is 0 Å². The molecule has 1 unspecified atom stereocenters. The number of aryl methyl sites for hydroxylation is 1. The second kappa shape index (κ2) is 9.08. The number of rotatable bonds is 7. The lowest BCUT2D eigenvalue weighted by Crippen LogP contribution is -2.39. The van der Waals surface area contributed by atoms with Crippen LogP contribution in [0.15, 0.2) is 47.7 Å². The third-order valence-electron chi connectivity index (χ3n) is 3.64. The Labute approximate surface area is 142 Å². The number of halogens is 1. The smallest absolute Gasteiger partial charge is 0.191 e. The average Bonchev–Trinajstić information content (AvgIpc) is 3.00. The summed E-state index contributed by atoms with van der Waals surface area (Å²) in [7, 11) is 3.63. The largest absolute Gasteiger partial charge is 0.375 e. The molecule has 0 spiro atoms. The van der Waals surface area contributed by atoms with Gasteiger partial charge in [0.2, 0.25) is 0 Å². The van der Waals surface area contributed by atoms with Crippen molar-refractivity contribution in [1.82, 2.24) is 15.2 Å². The Bertz CT molecular complexity index is 651. The van der Waals surface area contributed by atoms with Gasteiger partial charge in [0.15, 0.2) is 5.96 Å². The number of hydrogen-bond acceptors (Lipinski definition) is 2. The van der Waals surface area contributed by atoms with E-state index >= 15 is 0 Å². The van der Waals surface area contributed by atoms with Crippen LogP contribution >= 0.6 is 0 Å². The van der Waals surface area contributed by atoms with Crippen molar-refractivity contribution in [1.29, 1.82) is 0 Å². The van der Waals surface area contributed by atoms with Gasteiger partial charge >= 0.3 is 0 Å². The van der Waals surface area contributed by atoms with E-state index in [0.717, 1.165) is 23.6 Å². The van der Waals surface area contributed by atoms with Crippen molar-refractivity contribution in [3.63, 3.8) is 0 Å². The van der Waals surface area contributed by atoms with Crippen molar-refractivity contribution in [3.8, 4) is 0 Å². The fraction of sp³-hybridized carbons (Fsp3) is 0.389. The molecule has 2 N–H and O–H groups in total. The van der Waals surface area contributed by atoms with Crippen molar-refractivity contribution in [2.75, 3.05) is 20.2 Å². The first-order valence-corrected chi connectivity index (χ1v) is 8.03. The molecule has 0 fully saturated rings. The van der Waals surface area contributed by atoms with E-state index in [9.17, 15) is 4.39 Å². The Morgan fingerprint density at radius 3 is 2.58 bits per heavy atom. The lowest BCUT2D eigenvalue weighted by atomic mass is 10.1. The van der Waals surface area contributed by atoms with Gasteiger partial charge < -0.3 is 19.9 Å². The molecule has 5 nitrogen and oxygen atoms in total. The molecule has 0 aliphatic rings. The summed E-state index contributed by atoms with van der Waals surface area (Å²) in [6.07, 6.45) is 3.87. The van der Waals surface area contributed by atoms with Crippen LogP contribution in [0.1, 0.15) is 24.2 Å². The molecular formula is C18H25FN4O. The molecular weight excluding hydrogens is 307 g/mol. The summed E-state index contributed by atoms with van der Waals surface area (Å²) in [4.78, 5) is 4.58. The molecule has 1 atom stereocenters. The minimum Gasteiger partial charge on any atom is -0.375 e. The first kappa shape index (κ1) is 18.0. The van der Waals surface area contributed by atoms with Crippen LogP contribution in [0.25, 0.3) is 0 Å². The van der Waals surface area contributed by atoms with E-state index in [2.05, 4.69) is 15.6 Å². The first-order chi connectivity index (χ1) is 11.6. The molecule has 0 bridgehead atoms. The predicted molar refractivity (Wildman–Crippen MR) is 94.4 cm³/mol. The molecule has 0 amide bonds. The van der Waals surface area contributed by atoms with Gasteiger partial charge in [-0.05, 0) is 36.2 Å². The Balaban J connectivity index is 1.97. The van der Waals surface area contributed by atoms with Crippen LogP contribution in [0.3, 0.4) is 0 Å². The third-order valence-corrected chi connectivity index (χ3v) is 3.64. The topological polar surface area (TPSA) is 50.6 Å². The molecule has 0 saturated carbocycles. The van der Waals surface area contributed by atoms with Gasteiger partial charge in [0, 0.05) is 39.6 Å². The molecule has 2 aromatic rings. The van der Waals surface area contributed by atoms with E-state index in [-0.39, 0.29) is 11.9 Å². The average molecular weight is 332 g/mol. The van der Waals surface area contributed by atoms with Crippen molar-refractivity contribution >= 4 is 5.96 Å². The van der Waals surface area contributed by atoms with E-state index in [4.69, 9.17) is 4.74 Å². The van der Waals surface area contributed by atoms with Gasteiger partial charge in [-0.3, -0.25) is 0 Å². The van der Waals surface area contributed by atoms with Crippen LogP contribution in [0.5, 0.6) is 0 Å². The van der Waals surface area contributed by atoms with E-state index in [1.807, 2.05) is 37.0 Å². The zero-order valence-electron chi connectivity index (χ0n) is 14.4. The highest BCUT2D eigenvalue weighted by Crippen LogP contribution is 2.16. The predicted octanol–water partition coefficient (Wildman–Crippen LogP) is 2.61. The maximum atomic E-state index is 13.0. The van der Waals surface area contributed by atoms with E-state index in [1.54, 1.807) is 19.2 Å². The Morgan fingerprint density at radius 2 is 2.00 bits per heavy atom. The van der Waals surface area contributed by atoms with Crippen molar-refractivity contribution in [2.45, 2.75) is 19.6 Å². The summed E-state index contributed by atoms with van der Waals surface area (Å²) in [5, 5.41) is 6.49. The summed E-state index contributed by atoms with van der Waals surface area (Å²) in [5.74, 6) is 0.477. The number of nitrogens with one attached hydrogen (secondary N) is 2. The van der Waals surface area contributed by atoms with Gasteiger partial charge in [0.05, 0.1) is 12.6 Å². The Kier molecular flexibility index (Phi) is 6.81. The molecule has 130 valence electrons. The minimum atomic E-state index is -0.251. The highest BCUT2D eigenvalue weighted by atomic mass is 19.1. The molecule has 0 radical (unpaired) electrons. The SMILES string of the molecule is CCNC(=NCc1ccn(C)c1)NCC(OC)c1ccc(F)cc1. The van der Waals surface area contributed by atoms with Crippen LogP contribution < -0.4 is 10.6 Å². The molecule has 1 aromatic carbocycles. The van der Waals surface area contributed by atoms with Crippen LogP contribution in [-0.4, -0.2) is 30.7 Å². The highest BCUT2D eigenvalue weighted by molar-refractivity contribution is 5.79. The Hall–Kier alpha value is -2.34. The summed E-state index contributed by atoms with van der Waals surface area (Å²) in [5.41, 5.74) is 2.07. The van der Waals surface area contributed by atoms with Gasteiger partial charge in [0.25, 0.3) is 0 Å². The number of aromatic nitrogens is 1. The van der Waals surface area contributed by atoms with Crippen LogP contribution in [0, 0.1) is 5.82 Å². The summed E-state index contributed by atoms with van der Waals surface area (Å²) < 4.78 is 20.5. The number of hydrogen-bond donors (Lipinski definition) is 2. The van der Waals surface area contributed by atoms with E-state index in [1.165, 1.54) is 12.1 Å². The molecule has 1 heterocycles. The summed E-state index contributed by atoms with van der Waals surface area (Å²) >= 11 is 0. The zero-order chi connectivity index (χ0) is 17.4. The molecule has 0 aliphatic carbocycles. The molecule has 0 saturated heterocycles. The quantitative estimate of drug-likeness (QED) is 0.605. The highest BCUT2D eigenvalue weighted by Gasteiger charge is 2.11. The molecule has 24 heavy (non-hydrogen) atoms. The van der Waals surface area contributed by atoms with Crippen molar-refractivity contribution < 1.29 is 9.13 Å². The number of methoxy groups -OCH3 is 1. The number of nitrogens with zero attached hydrogens (tertiary/aromatic N) is 2. The fourth-order valence-electron chi connectivity index (χ4n) is 2.37. The molecule has 2 rings (SSSR count). The maximum absolute atomic E-state index is 13.0. The standard InChI is InChI=1S/C18H25FN4O/c1-4-20-18(21-11-14-9-10-23(2)13-14)22-12-17(24-3)15-5-7-16(19)8-6-15/h5-10,13,17H,4,11-12H2,1-3H3,(H2,20,21,22). The third kappa shape index (κ3) is 5.38. The summed E-state index contributed by atoms with van der Waals surface area (Å²) in [6, 6.07) is 8.40. The van der Waals surface area contributed by atoms with Crippen LogP contribution in [0.4, 0.5) is 4.39 Å². The zero-order valence-corrected chi connectivity index (χ0v) is 14.4. The number of ether oxygens (including phenoxy) is 1. The molecule has 0 aliphatic heterocycles. The second-order valence-electron chi connectivity index (χ2n) is 5.54. The van der Waals surface area contributed by atoms with Gasteiger partial charge in [-0.1, -0.05) is 12.1 Å². The fourth-order valence-corrected chi connectivity index (χ4v) is 2.37. The van der Waals surface area contributed by atoms with E-state index in [0.29, 0.717) is 13.1 Å². The monoisotopic (exact) mass is 332 g/mol. The van der Waals surface area contributed by atoms with Gasteiger partial charge in [-0.15, -0.1) is 0 Å². The van der Waals surface area contributed by atoms with Gasteiger partial charge in [-0.25, -0.2) is 9.38 Å². The number of aliphatic imine (C=N–C) groups is 1. The normalized spacial score (nSPS) is 12.9. The van der Waals surface area contributed by atoms with Crippen LogP contribution in [0.2, 0.25) is 0 Å². The summed E-state index contributed by atoms with van der Waals surface area (Å²) in [6.45, 7) is 3.94. The minimum absolute atomic E-state index is 0.175. The number of guanidine groups is 1. The Morgan fingerprint density at radius 1 is 1.25 bits per heavy atom. The second-order valence-corrected chi connectivity index (χ2v) is 5.54. The van der Waals surface area contributed by atoms with Gasteiger partial charge in [0.1, 0.15) is 5.82 Å². The number of benzene rings is 1. The maximum Gasteiger partial charge on any atom is 0.191 e. The van der Waals surface area contributed by atoms with Crippen molar-refractivity contribution in [3.05, 3.63) is 59.7 Å². The lowest BCUT2D eigenvalue weighted by Gasteiger charge is -2.18. The van der Waals surface area contributed by atoms with E-state index < -0.39 is 0 Å². The van der Waals surface area contributed by atoms with Crippen LogP contribution in [-0.2, 0) is 18.3 Å². The first-order valence-electron chi connectivity index (χ1n) is 8.03. The molecule has 6 heteroatoms. The lowest BCUT2D eigenvalue weighted by molar-refractivity contribution is 0.106. The molecule has 1 aromatic heterocycles. The van der Waals surface area contributed by atoms with Crippen molar-refractivity contribution in [2.24, 2.45) is 12.0 Å².